The molecule has 2 rings (SSSR count). The van der Waals surface area contributed by atoms with E-state index in [0.717, 1.165) is 0 Å². The first-order valence-electron chi connectivity index (χ1n) is 7.02. The fraction of sp³-hybridized carbons (Fsp3) is 0.176. The molecule has 4 nitrogen and oxygen atoms in total. The molecular weight excluding hydrogens is 299 g/mol. The highest BCUT2D eigenvalue weighted by Gasteiger charge is 2.31. The first-order chi connectivity index (χ1) is 10.6. The van der Waals surface area contributed by atoms with Gasteiger partial charge in [-0.3, -0.25) is 0 Å². The lowest BCUT2D eigenvalue weighted by molar-refractivity contribution is 0.272. The Kier molecular flexibility index (Phi) is 5.68. The summed E-state index contributed by atoms with van der Waals surface area (Å²) in [7, 11) is -3.81. The van der Waals surface area contributed by atoms with Crippen molar-refractivity contribution in [1.82, 2.24) is 0 Å². The molecule has 0 amide bonds. The molecule has 2 aromatic rings. The van der Waals surface area contributed by atoms with Gasteiger partial charge in [-0.05, 0) is 36.3 Å². The minimum atomic E-state index is -3.81. The van der Waals surface area contributed by atoms with Gasteiger partial charge in [0.05, 0.1) is 6.26 Å². The van der Waals surface area contributed by atoms with Crippen LogP contribution in [0.2, 0.25) is 0 Å². The molecule has 0 bridgehead atoms. The summed E-state index contributed by atoms with van der Waals surface area (Å²) >= 11 is 0. The predicted octanol–water partition coefficient (Wildman–Crippen LogP) is 5.44. The number of rotatable bonds is 7. The van der Waals surface area contributed by atoms with Crippen molar-refractivity contribution in [2.45, 2.75) is 13.8 Å². The molecule has 2 aromatic carbocycles. The second-order valence-corrected chi connectivity index (χ2v) is 6.40. The average Bonchev–Trinajstić information content (AvgIpc) is 2.48. The zero-order chi connectivity index (χ0) is 15.8. The second kappa shape index (κ2) is 7.71. The molecule has 0 aliphatic carbocycles. The Bertz CT molecular complexity index is 593. The Hall–Kier alpha value is -2.19. The van der Waals surface area contributed by atoms with E-state index in [1.54, 1.807) is 54.6 Å². The molecule has 0 unspecified atom stereocenters. The van der Waals surface area contributed by atoms with Crippen molar-refractivity contribution >= 4 is 7.82 Å². The van der Waals surface area contributed by atoms with Crippen LogP contribution in [0.3, 0.4) is 0 Å². The van der Waals surface area contributed by atoms with Gasteiger partial charge in [-0.15, -0.1) is 0 Å². The van der Waals surface area contributed by atoms with Crippen LogP contribution in [0, 0.1) is 5.92 Å². The second-order valence-electron chi connectivity index (χ2n) is 4.93. The number of benzene rings is 2. The van der Waals surface area contributed by atoms with Gasteiger partial charge in [0.1, 0.15) is 11.5 Å². The SMILES string of the molecule is CC(C)C=COP(=O)(Oc1ccccc1)Oc1ccccc1. The predicted molar refractivity (Wildman–Crippen MR) is 86.8 cm³/mol. The Morgan fingerprint density at radius 3 is 1.73 bits per heavy atom. The Morgan fingerprint density at radius 2 is 1.32 bits per heavy atom. The first kappa shape index (κ1) is 16.2. The summed E-state index contributed by atoms with van der Waals surface area (Å²) in [6, 6.07) is 17.6. The molecule has 5 heteroatoms. The molecule has 116 valence electrons. The van der Waals surface area contributed by atoms with Gasteiger partial charge >= 0.3 is 7.82 Å². The number of hydrogen-bond donors (Lipinski definition) is 0. The lowest BCUT2D eigenvalue weighted by Crippen LogP contribution is -2.02. The van der Waals surface area contributed by atoms with Gasteiger partial charge < -0.3 is 13.6 Å². The largest absolute Gasteiger partial charge is 0.646 e. The van der Waals surface area contributed by atoms with Crippen LogP contribution in [0.5, 0.6) is 11.5 Å². The quantitative estimate of drug-likeness (QED) is 0.504. The third kappa shape index (κ3) is 5.30. The van der Waals surface area contributed by atoms with E-state index in [1.165, 1.54) is 6.26 Å². The monoisotopic (exact) mass is 318 g/mol. The van der Waals surface area contributed by atoms with Crippen molar-refractivity contribution < 1.29 is 18.1 Å². The molecule has 0 saturated heterocycles. The van der Waals surface area contributed by atoms with E-state index in [0.29, 0.717) is 11.5 Å². The molecule has 0 aromatic heterocycles. The number of hydrogen-bond acceptors (Lipinski definition) is 4. The normalized spacial score (nSPS) is 11.6. The van der Waals surface area contributed by atoms with Crippen LogP contribution in [-0.2, 0) is 9.09 Å². The number of phosphoric acid groups is 1. The molecule has 0 radical (unpaired) electrons. The first-order valence-corrected chi connectivity index (χ1v) is 8.48. The fourth-order valence-electron chi connectivity index (χ4n) is 1.55. The van der Waals surface area contributed by atoms with Crippen molar-refractivity contribution in [3.05, 3.63) is 73.0 Å². The summed E-state index contributed by atoms with van der Waals surface area (Å²) in [5.74, 6) is 1.10. The van der Waals surface area contributed by atoms with E-state index in [2.05, 4.69) is 0 Å². The molecular formula is C17H19O4P. The van der Waals surface area contributed by atoms with E-state index >= 15 is 0 Å². The van der Waals surface area contributed by atoms with Gasteiger partial charge in [0.2, 0.25) is 0 Å². The van der Waals surface area contributed by atoms with Crippen LogP contribution in [-0.4, -0.2) is 0 Å². The van der Waals surface area contributed by atoms with Crippen molar-refractivity contribution in [1.29, 1.82) is 0 Å². The fourth-order valence-corrected chi connectivity index (χ4v) is 2.65. The Balaban J connectivity index is 2.17. The minimum absolute atomic E-state index is 0.266. The molecule has 0 fully saturated rings. The Morgan fingerprint density at radius 1 is 0.864 bits per heavy atom. The third-order valence-electron chi connectivity index (χ3n) is 2.57. The van der Waals surface area contributed by atoms with Crippen molar-refractivity contribution in [2.24, 2.45) is 5.92 Å². The Labute approximate surface area is 131 Å². The third-order valence-corrected chi connectivity index (χ3v) is 3.82. The molecule has 0 N–H and O–H groups in total. The van der Waals surface area contributed by atoms with Gasteiger partial charge in [-0.25, -0.2) is 0 Å². The van der Waals surface area contributed by atoms with E-state index in [-0.39, 0.29) is 5.92 Å². The van der Waals surface area contributed by atoms with E-state index < -0.39 is 7.82 Å². The van der Waals surface area contributed by atoms with Crippen molar-refractivity contribution in [2.75, 3.05) is 0 Å². The van der Waals surface area contributed by atoms with Gasteiger partial charge in [0.25, 0.3) is 0 Å². The summed E-state index contributed by atoms with van der Waals surface area (Å²) in [6.07, 6.45) is 3.13. The van der Waals surface area contributed by atoms with Gasteiger partial charge in [0, 0.05) is 0 Å². The number of allylic oxidation sites excluding steroid dienone is 1. The van der Waals surface area contributed by atoms with E-state index in [4.69, 9.17) is 13.6 Å². The van der Waals surface area contributed by atoms with Crippen LogP contribution >= 0.6 is 7.82 Å². The van der Waals surface area contributed by atoms with Crippen LogP contribution in [0.25, 0.3) is 0 Å². The maximum atomic E-state index is 12.8. The standard InChI is InChI=1S/C17H19O4P/c1-15(2)13-14-19-22(18,20-16-9-5-3-6-10-16)21-17-11-7-4-8-12-17/h3-15H,1-2H3. The lowest BCUT2D eigenvalue weighted by atomic mass is 10.2. The molecule has 0 atom stereocenters. The summed E-state index contributed by atoms with van der Waals surface area (Å²) in [5.41, 5.74) is 0. The van der Waals surface area contributed by atoms with E-state index in [9.17, 15) is 4.57 Å². The van der Waals surface area contributed by atoms with Gasteiger partial charge in [-0.1, -0.05) is 50.2 Å². The molecule has 0 spiro atoms. The highest BCUT2D eigenvalue weighted by atomic mass is 31.2. The van der Waals surface area contributed by atoms with Crippen LogP contribution in [0.1, 0.15) is 13.8 Å². The average molecular weight is 318 g/mol. The van der Waals surface area contributed by atoms with Crippen LogP contribution in [0.4, 0.5) is 0 Å². The molecule has 0 heterocycles. The highest BCUT2D eigenvalue weighted by molar-refractivity contribution is 7.49. The molecule has 22 heavy (non-hydrogen) atoms. The molecule has 0 aliphatic heterocycles. The van der Waals surface area contributed by atoms with Crippen molar-refractivity contribution in [3.8, 4) is 11.5 Å². The maximum absolute atomic E-state index is 12.8. The molecule has 0 aliphatic rings. The zero-order valence-corrected chi connectivity index (χ0v) is 13.5. The highest BCUT2D eigenvalue weighted by Crippen LogP contribution is 2.49. The van der Waals surface area contributed by atoms with Gasteiger partial charge in [0.15, 0.2) is 0 Å². The van der Waals surface area contributed by atoms with Crippen LogP contribution in [0.15, 0.2) is 73.0 Å². The molecule has 0 saturated carbocycles. The summed E-state index contributed by atoms with van der Waals surface area (Å²) < 4.78 is 29.0. The number of para-hydroxylation sites is 2. The lowest BCUT2D eigenvalue weighted by Gasteiger charge is -2.17. The van der Waals surface area contributed by atoms with Crippen LogP contribution < -0.4 is 9.05 Å². The van der Waals surface area contributed by atoms with Crippen molar-refractivity contribution in [3.63, 3.8) is 0 Å². The smallest absolute Gasteiger partial charge is 0.394 e. The van der Waals surface area contributed by atoms with E-state index in [1.807, 2.05) is 26.0 Å². The zero-order valence-electron chi connectivity index (χ0n) is 12.6. The minimum Gasteiger partial charge on any atom is -0.394 e. The van der Waals surface area contributed by atoms with Gasteiger partial charge in [-0.2, -0.15) is 4.57 Å². The summed E-state index contributed by atoms with van der Waals surface area (Å²) in [4.78, 5) is 0. The summed E-state index contributed by atoms with van der Waals surface area (Å²) in [6.45, 7) is 3.97. The summed E-state index contributed by atoms with van der Waals surface area (Å²) in [5, 5.41) is 0. The maximum Gasteiger partial charge on any atom is 0.646 e. The topological polar surface area (TPSA) is 44.8 Å². The number of phosphoric ester groups is 1.